The summed E-state index contributed by atoms with van der Waals surface area (Å²) >= 11 is 0. The molecule has 7 heteroatoms. The van der Waals surface area contributed by atoms with Crippen LogP contribution in [0.4, 0.5) is 10.1 Å². The highest BCUT2D eigenvalue weighted by atomic mass is 19.1. The molecule has 23 heavy (non-hydrogen) atoms. The van der Waals surface area contributed by atoms with Crippen LogP contribution in [0.25, 0.3) is 0 Å². The summed E-state index contributed by atoms with van der Waals surface area (Å²) in [5.41, 5.74) is 1.09. The van der Waals surface area contributed by atoms with E-state index in [0.29, 0.717) is 38.3 Å². The van der Waals surface area contributed by atoms with Crippen LogP contribution in [0.5, 0.6) is 0 Å². The minimum atomic E-state index is -0.406. The van der Waals surface area contributed by atoms with Gasteiger partial charge in [0.25, 0.3) is 0 Å². The van der Waals surface area contributed by atoms with Gasteiger partial charge in [-0.15, -0.1) is 0 Å². The van der Waals surface area contributed by atoms with Crippen LogP contribution in [0, 0.1) is 17.1 Å². The Morgan fingerprint density at radius 1 is 1.39 bits per heavy atom. The van der Waals surface area contributed by atoms with Crippen molar-refractivity contribution >= 4 is 11.6 Å². The van der Waals surface area contributed by atoms with E-state index in [1.54, 1.807) is 13.2 Å². The van der Waals surface area contributed by atoms with Gasteiger partial charge < -0.3 is 15.0 Å². The smallest absolute Gasteiger partial charge is 0.234 e. The van der Waals surface area contributed by atoms with Crippen molar-refractivity contribution in [3.05, 3.63) is 29.6 Å². The van der Waals surface area contributed by atoms with Crippen LogP contribution in [-0.2, 0) is 9.53 Å². The fourth-order valence-electron chi connectivity index (χ4n) is 2.57. The van der Waals surface area contributed by atoms with Gasteiger partial charge in [-0.05, 0) is 18.2 Å². The summed E-state index contributed by atoms with van der Waals surface area (Å²) in [5, 5.41) is 11.9. The number of amides is 1. The van der Waals surface area contributed by atoms with Gasteiger partial charge in [-0.1, -0.05) is 0 Å². The molecule has 1 fully saturated rings. The maximum atomic E-state index is 13.2. The van der Waals surface area contributed by atoms with Crippen molar-refractivity contribution in [2.75, 3.05) is 57.9 Å². The van der Waals surface area contributed by atoms with E-state index in [1.807, 2.05) is 6.07 Å². The fraction of sp³-hybridized carbons (Fsp3) is 0.500. The Hall–Kier alpha value is -2.17. The molecule has 0 atom stereocenters. The number of anilines is 1. The number of carbonyl (C=O) groups is 1. The molecule has 124 valence electrons. The van der Waals surface area contributed by atoms with E-state index >= 15 is 0 Å². The average Bonchev–Trinajstić information content (AvgIpc) is 2.56. The van der Waals surface area contributed by atoms with E-state index in [2.05, 4.69) is 15.1 Å². The summed E-state index contributed by atoms with van der Waals surface area (Å²) < 4.78 is 18.1. The second-order valence-corrected chi connectivity index (χ2v) is 5.38. The minimum Gasteiger partial charge on any atom is -0.383 e. The highest BCUT2D eigenvalue weighted by Gasteiger charge is 2.21. The van der Waals surface area contributed by atoms with Crippen molar-refractivity contribution in [2.24, 2.45) is 0 Å². The molecule has 1 aromatic rings. The largest absolute Gasteiger partial charge is 0.383 e. The number of hydrogen-bond donors (Lipinski definition) is 1. The van der Waals surface area contributed by atoms with Crippen LogP contribution in [-0.4, -0.2) is 63.8 Å². The molecule has 2 rings (SSSR count). The van der Waals surface area contributed by atoms with E-state index in [0.717, 1.165) is 18.8 Å². The standard InChI is InChI=1S/C16H21FN4O2/c1-23-9-4-19-16(22)12-20-5-7-21(8-6-20)15-3-2-14(17)10-13(15)11-18/h2-3,10H,4-9,12H2,1H3,(H,19,22). The highest BCUT2D eigenvalue weighted by Crippen LogP contribution is 2.22. The summed E-state index contributed by atoms with van der Waals surface area (Å²) in [6, 6.07) is 6.30. The van der Waals surface area contributed by atoms with Gasteiger partial charge in [0.1, 0.15) is 11.9 Å². The van der Waals surface area contributed by atoms with E-state index in [1.165, 1.54) is 12.1 Å². The first-order valence-electron chi connectivity index (χ1n) is 7.56. The molecule has 0 bridgehead atoms. The Morgan fingerprint density at radius 2 is 2.13 bits per heavy atom. The summed E-state index contributed by atoms with van der Waals surface area (Å²) in [6.07, 6.45) is 0. The highest BCUT2D eigenvalue weighted by molar-refractivity contribution is 5.78. The number of piperazine rings is 1. The van der Waals surface area contributed by atoms with Crippen molar-refractivity contribution in [3.8, 4) is 6.07 Å². The monoisotopic (exact) mass is 320 g/mol. The molecule has 1 amide bonds. The first kappa shape index (κ1) is 17.2. The molecule has 0 spiro atoms. The normalized spacial score (nSPS) is 15.3. The van der Waals surface area contributed by atoms with Crippen LogP contribution < -0.4 is 10.2 Å². The lowest BCUT2D eigenvalue weighted by atomic mass is 10.1. The molecular weight excluding hydrogens is 299 g/mol. The van der Waals surface area contributed by atoms with E-state index in [-0.39, 0.29) is 5.91 Å². The van der Waals surface area contributed by atoms with Gasteiger partial charge in [-0.3, -0.25) is 9.69 Å². The van der Waals surface area contributed by atoms with Crippen molar-refractivity contribution in [1.82, 2.24) is 10.2 Å². The van der Waals surface area contributed by atoms with Crippen LogP contribution in [0.2, 0.25) is 0 Å². The van der Waals surface area contributed by atoms with Gasteiger partial charge in [0.2, 0.25) is 5.91 Å². The Morgan fingerprint density at radius 3 is 2.78 bits per heavy atom. The van der Waals surface area contributed by atoms with Crippen molar-refractivity contribution in [2.45, 2.75) is 0 Å². The number of hydrogen-bond acceptors (Lipinski definition) is 5. The minimum absolute atomic E-state index is 0.0185. The third-order valence-corrected chi connectivity index (χ3v) is 3.79. The lowest BCUT2D eigenvalue weighted by Crippen LogP contribution is -2.49. The third-order valence-electron chi connectivity index (χ3n) is 3.79. The molecule has 0 unspecified atom stereocenters. The molecule has 1 saturated heterocycles. The quantitative estimate of drug-likeness (QED) is 0.777. The Labute approximate surface area is 135 Å². The van der Waals surface area contributed by atoms with Crippen LogP contribution in [0.3, 0.4) is 0 Å². The predicted molar refractivity (Wildman–Crippen MR) is 84.7 cm³/mol. The SMILES string of the molecule is COCCNC(=O)CN1CCN(c2ccc(F)cc2C#N)CC1. The zero-order valence-electron chi connectivity index (χ0n) is 13.2. The van der Waals surface area contributed by atoms with Crippen LogP contribution in [0.1, 0.15) is 5.56 Å². The number of halogens is 1. The number of nitrogens with zero attached hydrogens (tertiary/aromatic N) is 3. The fourth-order valence-corrected chi connectivity index (χ4v) is 2.57. The summed E-state index contributed by atoms with van der Waals surface area (Å²) in [7, 11) is 1.59. The third kappa shape index (κ3) is 4.91. The maximum Gasteiger partial charge on any atom is 0.234 e. The van der Waals surface area contributed by atoms with Crippen molar-refractivity contribution < 1.29 is 13.9 Å². The first-order chi connectivity index (χ1) is 11.1. The Bertz CT molecular complexity index is 580. The van der Waals surface area contributed by atoms with Crippen LogP contribution in [0.15, 0.2) is 18.2 Å². The molecule has 0 aliphatic carbocycles. The number of carbonyl (C=O) groups excluding carboxylic acids is 1. The van der Waals surface area contributed by atoms with Gasteiger partial charge in [-0.25, -0.2) is 4.39 Å². The van der Waals surface area contributed by atoms with E-state index in [9.17, 15) is 9.18 Å². The molecule has 0 radical (unpaired) electrons. The Kier molecular flexibility index (Phi) is 6.32. The molecule has 1 heterocycles. The van der Waals surface area contributed by atoms with Gasteiger partial charge in [0, 0.05) is 39.8 Å². The number of ether oxygens (including phenoxy) is 1. The van der Waals surface area contributed by atoms with Crippen molar-refractivity contribution in [1.29, 1.82) is 5.26 Å². The topological polar surface area (TPSA) is 68.6 Å². The number of rotatable bonds is 6. The predicted octanol–water partition coefficient (Wildman–Crippen LogP) is 0.582. The van der Waals surface area contributed by atoms with Gasteiger partial charge in [0.15, 0.2) is 0 Å². The second-order valence-electron chi connectivity index (χ2n) is 5.38. The molecule has 0 aromatic heterocycles. The summed E-state index contributed by atoms with van der Waals surface area (Å²) in [5.74, 6) is -0.424. The molecule has 0 saturated carbocycles. The Balaban J connectivity index is 1.84. The summed E-state index contributed by atoms with van der Waals surface area (Å²) in [6.45, 7) is 4.21. The first-order valence-corrected chi connectivity index (χ1v) is 7.56. The van der Waals surface area contributed by atoms with Crippen molar-refractivity contribution in [3.63, 3.8) is 0 Å². The molecule has 1 aliphatic rings. The lowest BCUT2D eigenvalue weighted by Gasteiger charge is -2.36. The van der Waals surface area contributed by atoms with Gasteiger partial charge in [0.05, 0.1) is 24.4 Å². The van der Waals surface area contributed by atoms with E-state index in [4.69, 9.17) is 10.00 Å². The second kappa shape index (κ2) is 8.46. The molecule has 1 aliphatic heterocycles. The average molecular weight is 320 g/mol. The number of benzene rings is 1. The molecule has 1 aromatic carbocycles. The molecule has 1 N–H and O–H groups in total. The lowest BCUT2D eigenvalue weighted by molar-refractivity contribution is -0.122. The maximum absolute atomic E-state index is 13.2. The zero-order chi connectivity index (χ0) is 16.7. The van der Waals surface area contributed by atoms with Crippen LogP contribution >= 0.6 is 0 Å². The summed E-state index contributed by atoms with van der Waals surface area (Å²) in [4.78, 5) is 15.9. The number of nitriles is 1. The number of methoxy groups -OCH3 is 1. The van der Waals surface area contributed by atoms with Gasteiger partial charge in [-0.2, -0.15) is 5.26 Å². The molecule has 6 nitrogen and oxygen atoms in total. The zero-order valence-corrected chi connectivity index (χ0v) is 13.2. The number of nitrogens with one attached hydrogen (secondary N) is 1. The molecular formula is C16H21FN4O2. The van der Waals surface area contributed by atoms with E-state index < -0.39 is 5.82 Å². The van der Waals surface area contributed by atoms with Gasteiger partial charge >= 0.3 is 0 Å².